The summed E-state index contributed by atoms with van der Waals surface area (Å²) in [4.78, 5) is 11.1. The highest BCUT2D eigenvalue weighted by molar-refractivity contribution is 5.47. The van der Waals surface area contributed by atoms with Crippen LogP contribution in [0.2, 0.25) is 0 Å². The molecule has 4 rings (SSSR count). The number of aromatic nitrogens is 4. The van der Waals surface area contributed by atoms with Crippen molar-refractivity contribution in [3.05, 3.63) is 18.1 Å². The Balaban J connectivity index is 1.53. The van der Waals surface area contributed by atoms with E-state index >= 15 is 0 Å². The molecule has 7 nitrogen and oxygen atoms in total. The normalized spacial score (nSPS) is 23.0. The van der Waals surface area contributed by atoms with Crippen LogP contribution in [0, 0.1) is 5.92 Å². The first-order chi connectivity index (χ1) is 11.3. The number of ether oxygens (including phenoxy) is 2. The van der Waals surface area contributed by atoms with Crippen LogP contribution >= 0.6 is 0 Å². The van der Waals surface area contributed by atoms with Crippen molar-refractivity contribution in [1.82, 2.24) is 19.6 Å². The summed E-state index contributed by atoms with van der Waals surface area (Å²) in [5, 5.41) is 4.33. The van der Waals surface area contributed by atoms with E-state index in [9.17, 15) is 0 Å². The summed E-state index contributed by atoms with van der Waals surface area (Å²) in [5.74, 6) is 2.39. The van der Waals surface area contributed by atoms with Gasteiger partial charge in [0.05, 0.1) is 18.4 Å². The van der Waals surface area contributed by atoms with E-state index in [2.05, 4.69) is 26.0 Å². The molecular weight excluding hydrogens is 294 g/mol. The Bertz CT molecular complexity index is 660. The number of fused-ring (bicyclic) bond motifs is 1. The maximum Gasteiger partial charge on any atom is 0.254 e. The van der Waals surface area contributed by atoms with E-state index in [0.29, 0.717) is 24.4 Å². The highest BCUT2D eigenvalue weighted by Gasteiger charge is 2.30. The predicted molar refractivity (Wildman–Crippen MR) is 85.4 cm³/mol. The fourth-order valence-corrected chi connectivity index (χ4v) is 3.77. The van der Waals surface area contributed by atoms with E-state index < -0.39 is 0 Å². The Labute approximate surface area is 135 Å². The molecule has 0 aliphatic carbocycles. The maximum atomic E-state index is 5.87. The van der Waals surface area contributed by atoms with Crippen LogP contribution in [0.3, 0.4) is 0 Å². The van der Waals surface area contributed by atoms with Gasteiger partial charge in [0.25, 0.3) is 5.78 Å². The van der Waals surface area contributed by atoms with Gasteiger partial charge in [-0.15, -0.1) is 0 Å². The van der Waals surface area contributed by atoms with E-state index in [4.69, 9.17) is 9.47 Å². The molecule has 2 saturated heterocycles. The van der Waals surface area contributed by atoms with Crippen molar-refractivity contribution in [2.45, 2.75) is 38.4 Å². The summed E-state index contributed by atoms with van der Waals surface area (Å²) in [6, 6.07) is 2.07. The van der Waals surface area contributed by atoms with Gasteiger partial charge in [0.1, 0.15) is 12.1 Å². The SMILES string of the molecule is COCc1cc(N2CCC(C3CCCO3)CC2)n2ncnc2n1. The maximum absolute atomic E-state index is 5.87. The van der Waals surface area contributed by atoms with Crippen molar-refractivity contribution >= 4 is 11.6 Å². The Kier molecular flexibility index (Phi) is 4.13. The van der Waals surface area contributed by atoms with Crippen LogP contribution < -0.4 is 4.90 Å². The van der Waals surface area contributed by atoms with Gasteiger partial charge in [-0.1, -0.05) is 0 Å². The third-order valence-electron chi connectivity index (χ3n) is 4.93. The molecule has 0 amide bonds. The minimum absolute atomic E-state index is 0.477. The Morgan fingerprint density at radius 3 is 2.91 bits per heavy atom. The van der Waals surface area contributed by atoms with Gasteiger partial charge in [-0.2, -0.15) is 14.6 Å². The lowest BCUT2D eigenvalue weighted by molar-refractivity contribution is 0.0531. The van der Waals surface area contributed by atoms with Crippen molar-refractivity contribution in [2.75, 3.05) is 31.7 Å². The zero-order valence-electron chi connectivity index (χ0n) is 13.5. The lowest BCUT2D eigenvalue weighted by atomic mass is 9.90. The highest BCUT2D eigenvalue weighted by atomic mass is 16.5. The van der Waals surface area contributed by atoms with Crippen LogP contribution in [-0.4, -0.2) is 52.5 Å². The van der Waals surface area contributed by atoms with Crippen LogP contribution in [0.25, 0.3) is 5.78 Å². The van der Waals surface area contributed by atoms with Crippen LogP contribution in [0.15, 0.2) is 12.4 Å². The zero-order valence-corrected chi connectivity index (χ0v) is 13.5. The van der Waals surface area contributed by atoms with Crippen molar-refractivity contribution in [3.63, 3.8) is 0 Å². The number of hydrogen-bond acceptors (Lipinski definition) is 6. The predicted octanol–water partition coefficient (Wildman–Crippen LogP) is 1.67. The molecule has 0 saturated carbocycles. The summed E-state index contributed by atoms with van der Waals surface area (Å²) < 4.78 is 12.9. The number of rotatable bonds is 4. The lowest BCUT2D eigenvalue weighted by Gasteiger charge is -2.35. The number of methoxy groups -OCH3 is 1. The first kappa shape index (κ1) is 14.8. The number of hydrogen-bond donors (Lipinski definition) is 0. The van der Waals surface area contributed by atoms with E-state index in [0.717, 1.165) is 31.2 Å². The van der Waals surface area contributed by atoms with Crippen LogP contribution in [0.4, 0.5) is 5.82 Å². The molecular formula is C16H23N5O2. The van der Waals surface area contributed by atoms with Crippen molar-refractivity contribution in [3.8, 4) is 0 Å². The molecule has 0 N–H and O–H groups in total. The van der Waals surface area contributed by atoms with Crippen molar-refractivity contribution in [2.24, 2.45) is 5.92 Å². The molecule has 7 heteroatoms. The third kappa shape index (κ3) is 2.90. The lowest BCUT2D eigenvalue weighted by Crippen LogP contribution is -2.38. The minimum Gasteiger partial charge on any atom is -0.378 e. The standard InChI is InChI=1S/C16H23N5O2/c1-22-10-13-9-15(21-16(19-13)17-11-18-21)20-6-4-12(5-7-20)14-3-2-8-23-14/h9,11-12,14H,2-8,10H2,1H3. The minimum atomic E-state index is 0.477. The molecule has 1 atom stereocenters. The van der Waals surface area contributed by atoms with Gasteiger partial charge in [-0.25, -0.2) is 4.98 Å². The van der Waals surface area contributed by atoms with Crippen LogP contribution in [0.1, 0.15) is 31.4 Å². The first-order valence-electron chi connectivity index (χ1n) is 8.40. The number of anilines is 1. The summed E-state index contributed by atoms with van der Waals surface area (Å²) >= 11 is 0. The second-order valence-corrected chi connectivity index (χ2v) is 6.39. The summed E-state index contributed by atoms with van der Waals surface area (Å²) in [6.45, 7) is 3.48. The Morgan fingerprint density at radius 2 is 2.17 bits per heavy atom. The topological polar surface area (TPSA) is 64.8 Å². The van der Waals surface area contributed by atoms with Crippen molar-refractivity contribution in [1.29, 1.82) is 0 Å². The average Bonchev–Trinajstić information content (AvgIpc) is 3.26. The van der Waals surface area contributed by atoms with Crippen LogP contribution in [0.5, 0.6) is 0 Å². The fourth-order valence-electron chi connectivity index (χ4n) is 3.77. The summed E-state index contributed by atoms with van der Waals surface area (Å²) in [5.41, 5.74) is 0.893. The van der Waals surface area contributed by atoms with Gasteiger partial charge < -0.3 is 14.4 Å². The van der Waals surface area contributed by atoms with Gasteiger partial charge >= 0.3 is 0 Å². The highest BCUT2D eigenvalue weighted by Crippen LogP contribution is 2.31. The van der Waals surface area contributed by atoms with E-state index in [1.54, 1.807) is 13.4 Å². The van der Waals surface area contributed by atoms with E-state index in [1.807, 2.05) is 4.52 Å². The summed E-state index contributed by atoms with van der Waals surface area (Å²) in [7, 11) is 1.68. The molecule has 2 aromatic heterocycles. The second kappa shape index (κ2) is 6.41. The molecule has 0 aromatic carbocycles. The molecule has 2 fully saturated rings. The summed E-state index contributed by atoms with van der Waals surface area (Å²) in [6.07, 6.45) is 6.82. The second-order valence-electron chi connectivity index (χ2n) is 6.39. The molecule has 2 aliphatic heterocycles. The molecule has 0 radical (unpaired) electrons. The average molecular weight is 317 g/mol. The monoisotopic (exact) mass is 317 g/mol. The molecule has 0 spiro atoms. The van der Waals surface area contributed by atoms with Gasteiger partial charge in [-0.05, 0) is 31.6 Å². The van der Waals surface area contributed by atoms with Gasteiger partial charge in [0, 0.05) is 32.9 Å². The molecule has 2 aromatic rings. The zero-order chi connectivity index (χ0) is 15.6. The smallest absolute Gasteiger partial charge is 0.254 e. The quantitative estimate of drug-likeness (QED) is 0.854. The molecule has 2 aliphatic rings. The van der Waals surface area contributed by atoms with E-state index in [1.165, 1.54) is 25.7 Å². The fraction of sp³-hybridized carbons (Fsp3) is 0.688. The Morgan fingerprint density at radius 1 is 1.30 bits per heavy atom. The number of piperidine rings is 1. The largest absolute Gasteiger partial charge is 0.378 e. The van der Waals surface area contributed by atoms with Gasteiger partial charge in [0.15, 0.2) is 0 Å². The first-order valence-corrected chi connectivity index (χ1v) is 8.40. The Hall–Kier alpha value is -1.73. The molecule has 1 unspecified atom stereocenters. The van der Waals surface area contributed by atoms with Gasteiger partial charge in [0.2, 0.25) is 0 Å². The third-order valence-corrected chi connectivity index (χ3v) is 4.93. The van der Waals surface area contributed by atoms with Crippen LogP contribution in [-0.2, 0) is 16.1 Å². The number of nitrogens with zero attached hydrogens (tertiary/aromatic N) is 5. The molecule has 124 valence electrons. The van der Waals surface area contributed by atoms with Crippen molar-refractivity contribution < 1.29 is 9.47 Å². The molecule has 23 heavy (non-hydrogen) atoms. The molecule has 4 heterocycles. The van der Waals surface area contributed by atoms with E-state index in [-0.39, 0.29) is 0 Å². The van der Waals surface area contributed by atoms with Gasteiger partial charge in [-0.3, -0.25) is 0 Å². The molecule has 0 bridgehead atoms.